The molecule has 2 aromatic heterocycles. The van der Waals surface area contributed by atoms with Crippen LogP contribution in [0.3, 0.4) is 0 Å². The molecule has 0 unspecified atom stereocenters. The number of aryl methyl sites for hydroxylation is 2. The number of hydrogen-bond acceptors (Lipinski definition) is 5. The van der Waals surface area contributed by atoms with Gasteiger partial charge in [0.15, 0.2) is 0 Å². The first kappa shape index (κ1) is 15.5. The minimum absolute atomic E-state index is 0.131. The predicted molar refractivity (Wildman–Crippen MR) is 83.3 cm³/mol. The van der Waals surface area contributed by atoms with Gasteiger partial charge in [-0.05, 0) is 21.0 Å². The molecule has 0 fully saturated rings. The molecule has 0 aromatic carbocycles. The lowest BCUT2D eigenvalue weighted by atomic mass is 10.3. The van der Waals surface area contributed by atoms with Gasteiger partial charge in [0.1, 0.15) is 5.02 Å². The third-order valence-electron chi connectivity index (χ3n) is 3.03. The fourth-order valence-corrected chi connectivity index (χ4v) is 2.07. The average Bonchev–Trinajstić information content (AvgIpc) is 2.72. The normalized spacial score (nSPS) is 11.1. The molecule has 0 aliphatic carbocycles. The van der Waals surface area contributed by atoms with Gasteiger partial charge in [0.25, 0.3) is 5.56 Å². The van der Waals surface area contributed by atoms with Crippen LogP contribution in [0.5, 0.6) is 0 Å². The van der Waals surface area contributed by atoms with Crippen LogP contribution >= 0.6 is 11.6 Å². The SMILES string of the molecule is Cc1nn(C)cc1Nc1cnn(CCN(C)C)c(=O)c1Cl. The Labute approximate surface area is 128 Å². The molecule has 0 spiro atoms. The monoisotopic (exact) mass is 310 g/mol. The molecule has 0 aliphatic heterocycles. The molecule has 114 valence electrons. The second-order valence-electron chi connectivity index (χ2n) is 5.13. The molecule has 0 atom stereocenters. The zero-order valence-electron chi connectivity index (χ0n) is 12.6. The van der Waals surface area contributed by atoms with Crippen molar-refractivity contribution in [3.63, 3.8) is 0 Å². The number of anilines is 2. The number of hydrogen-bond donors (Lipinski definition) is 1. The lowest BCUT2D eigenvalue weighted by molar-refractivity contribution is 0.367. The van der Waals surface area contributed by atoms with Crippen LogP contribution in [-0.4, -0.2) is 45.1 Å². The van der Waals surface area contributed by atoms with Crippen LogP contribution in [0, 0.1) is 6.92 Å². The molecular formula is C13H19ClN6O. The van der Waals surface area contributed by atoms with Crippen LogP contribution < -0.4 is 10.9 Å². The number of halogens is 1. The summed E-state index contributed by atoms with van der Waals surface area (Å²) < 4.78 is 3.06. The highest BCUT2D eigenvalue weighted by Gasteiger charge is 2.11. The summed E-state index contributed by atoms with van der Waals surface area (Å²) >= 11 is 6.15. The molecule has 0 amide bonds. The Hall–Kier alpha value is -1.86. The summed E-state index contributed by atoms with van der Waals surface area (Å²) in [5, 5.41) is 11.6. The van der Waals surface area contributed by atoms with E-state index in [1.165, 1.54) is 4.68 Å². The summed E-state index contributed by atoms with van der Waals surface area (Å²) in [7, 11) is 5.71. The fourth-order valence-electron chi connectivity index (χ4n) is 1.87. The van der Waals surface area contributed by atoms with Gasteiger partial charge in [-0.1, -0.05) is 11.6 Å². The van der Waals surface area contributed by atoms with Gasteiger partial charge in [-0.15, -0.1) is 0 Å². The van der Waals surface area contributed by atoms with Gasteiger partial charge in [0.2, 0.25) is 0 Å². The van der Waals surface area contributed by atoms with Crippen molar-refractivity contribution in [2.24, 2.45) is 7.05 Å². The minimum Gasteiger partial charge on any atom is -0.350 e. The van der Waals surface area contributed by atoms with Crippen LogP contribution in [0.2, 0.25) is 5.02 Å². The Kier molecular flexibility index (Phi) is 4.64. The molecule has 7 nitrogen and oxygen atoms in total. The minimum atomic E-state index is -0.301. The van der Waals surface area contributed by atoms with E-state index in [0.29, 0.717) is 12.2 Å². The van der Waals surface area contributed by atoms with Crippen molar-refractivity contribution in [3.05, 3.63) is 33.5 Å². The van der Waals surface area contributed by atoms with Crippen LogP contribution in [0.15, 0.2) is 17.2 Å². The Balaban J connectivity index is 2.24. The summed E-state index contributed by atoms with van der Waals surface area (Å²) in [4.78, 5) is 14.2. The van der Waals surface area contributed by atoms with Crippen molar-refractivity contribution in [3.8, 4) is 0 Å². The van der Waals surface area contributed by atoms with Gasteiger partial charge >= 0.3 is 0 Å². The smallest absolute Gasteiger partial charge is 0.287 e. The van der Waals surface area contributed by atoms with Gasteiger partial charge in [-0.25, -0.2) is 4.68 Å². The highest BCUT2D eigenvalue weighted by molar-refractivity contribution is 6.33. The first-order valence-electron chi connectivity index (χ1n) is 6.56. The van der Waals surface area contributed by atoms with Gasteiger partial charge in [-0.3, -0.25) is 9.48 Å². The second-order valence-corrected chi connectivity index (χ2v) is 5.51. The molecule has 0 saturated carbocycles. The summed E-state index contributed by atoms with van der Waals surface area (Å²) in [6.07, 6.45) is 3.38. The lowest BCUT2D eigenvalue weighted by Crippen LogP contribution is -2.29. The standard InChI is InChI=1S/C13H19ClN6O/c1-9-11(8-19(4)17-9)16-10-7-15-20(6-5-18(2)3)13(21)12(10)14/h7-8,16H,5-6H2,1-4H3. The summed E-state index contributed by atoms with van der Waals surface area (Å²) in [5.74, 6) is 0. The van der Waals surface area contributed by atoms with Gasteiger partial charge in [0.05, 0.1) is 29.8 Å². The quantitative estimate of drug-likeness (QED) is 0.900. The topological polar surface area (TPSA) is 68.0 Å². The molecule has 1 N–H and O–H groups in total. The highest BCUT2D eigenvalue weighted by atomic mass is 35.5. The van der Waals surface area contributed by atoms with Crippen molar-refractivity contribution in [2.45, 2.75) is 13.5 Å². The van der Waals surface area contributed by atoms with Crippen molar-refractivity contribution in [1.82, 2.24) is 24.5 Å². The maximum atomic E-state index is 12.2. The second kappa shape index (κ2) is 6.28. The number of likely N-dealkylation sites (N-methyl/N-ethyl adjacent to an activating group) is 1. The van der Waals surface area contributed by atoms with Crippen molar-refractivity contribution < 1.29 is 0 Å². The van der Waals surface area contributed by atoms with Crippen molar-refractivity contribution in [2.75, 3.05) is 26.0 Å². The summed E-state index contributed by atoms with van der Waals surface area (Å²) in [5.41, 5.74) is 1.81. The van der Waals surface area contributed by atoms with E-state index in [4.69, 9.17) is 11.6 Å². The van der Waals surface area contributed by atoms with Crippen molar-refractivity contribution in [1.29, 1.82) is 0 Å². The summed E-state index contributed by atoms with van der Waals surface area (Å²) in [6.45, 7) is 3.09. The molecule has 8 heteroatoms. The van der Waals surface area contributed by atoms with E-state index in [1.54, 1.807) is 10.9 Å². The number of nitrogens with zero attached hydrogens (tertiary/aromatic N) is 5. The zero-order chi connectivity index (χ0) is 15.6. The van der Waals surface area contributed by atoms with E-state index in [0.717, 1.165) is 17.9 Å². The Morgan fingerprint density at radius 3 is 2.67 bits per heavy atom. The molecule has 0 radical (unpaired) electrons. The van der Waals surface area contributed by atoms with E-state index < -0.39 is 0 Å². The van der Waals surface area contributed by atoms with Crippen LogP contribution in [0.25, 0.3) is 0 Å². The van der Waals surface area contributed by atoms with E-state index in [-0.39, 0.29) is 10.6 Å². The predicted octanol–water partition coefficient (Wildman–Crippen LogP) is 1.24. The lowest BCUT2D eigenvalue weighted by Gasteiger charge is -2.12. The molecular weight excluding hydrogens is 292 g/mol. The molecule has 2 aromatic rings. The third kappa shape index (κ3) is 3.62. The largest absolute Gasteiger partial charge is 0.350 e. The van der Waals surface area contributed by atoms with E-state index >= 15 is 0 Å². The molecule has 2 heterocycles. The summed E-state index contributed by atoms with van der Waals surface area (Å²) in [6, 6.07) is 0. The van der Waals surface area contributed by atoms with Crippen LogP contribution in [0.4, 0.5) is 11.4 Å². The molecule has 0 bridgehead atoms. The first-order valence-corrected chi connectivity index (χ1v) is 6.94. The molecule has 0 aliphatic rings. The first-order chi connectivity index (χ1) is 9.88. The number of rotatable bonds is 5. The Bertz CT molecular complexity index is 690. The van der Waals surface area contributed by atoms with E-state index in [2.05, 4.69) is 15.5 Å². The number of aromatic nitrogens is 4. The zero-order valence-corrected chi connectivity index (χ0v) is 13.3. The van der Waals surface area contributed by atoms with Crippen LogP contribution in [-0.2, 0) is 13.6 Å². The highest BCUT2D eigenvalue weighted by Crippen LogP contribution is 2.22. The maximum absolute atomic E-state index is 12.2. The molecule has 21 heavy (non-hydrogen) atoms. The fraction of sp³-hybridized carbons (Fsp3) is 0.462. The Morgan fingerprint density at radius 1 is 1.38 bits per heavy atom. The van der Waals surface area contributed by atoms with Crippen LogP contribution in [0.1, 0.15) is 5.69 Å². The maximum Gasteiger partial charge on any atom is 0.287 e. The Morgan fingerprint density at radius 2 is 2.10 bits per heavy atom. The molecule has 0 saturated heterocycles. The third-order valence-corrected chi connectivity index (χ3v) is 3.39. The average molecular weight is 311 g/mol. The van der Waals surface area contributed by atoms with Crippen molar-refractivity contribution >= 4 is 23.0 Å². The van der Waals surface area contributed by atoms with Gasteiger partial charge in [-0.2, -0.15) is 10.2 Å². The molecule has 2 rings (SSSR count). The van der Waals surface area contributed by atoms with E-state index in [1.807, 2.05) is 39.2 Å². The van der Waals surface area contributed by atoms with Gasteiger partial charge < -0.3 is 10.2 Å². The van der Waals surface area contributed by atoms with E-state index in [9.17, 15) is 4.79 Å². The number of nitrogens with one attached hydrogen (secondary N) is 1. The van der Waals surface area contributed by atoms with Gasteiger partial charge in [0, 0.05) is 19.8 Å².